The number of unbranched alkanes of at least 4 members (excludes halogenated alkanes) is 4. The number of ether oxygens (including phenoxy) is 1. The van der Waals surface area contributed by atoms with E-state index in [0.29, 0.717) is 18.8 Å². The van der Waals surface area contributed by atoms with Gasteiger partial charge >= 0.3 is 0 Å². The van der Waals surface area contributed by atoms with Crippen molar-refractivity contribution in [1.29, 1.82) is 0 Å². The molecule has 2 N–H and O–H groups in total. The number of halogens is 1. The Morgan fingerprint density at radius 2 is 1.90 bits per heavy atom. The van der Waals surface area contributed by atoms with Crippen LogP contribution in [0.15, 0.2) is 53.0 Å². The maximum absolute atomic E-state index is 12.7. The predicted molar refractivity (Wildman–Crippen MR) is 126 cm³/mol. The molecule has 1 saturated heterocycles. The first kappa shape index (κ1) is 23.6. The van der Waals surface area contributed by atoms with Crippen LogP contribution in [0.3, 0.4) is 0 Å². The molecule has 1 unspecified atom stereocenters. The number of nitrogens with zero attached hydrogens (tertiary/aromatic N) is 1. The van der Waals surface area contributed by atoms with E-state index >= 15 is 0 Å². The van der Waals surface area contributed by atoms with Crippen LogP contribution >= 0.6 is 27.7 Å². The normalized spacial score (nSPS) is 15.9. The number of carbonyl (C=O) groups is 2. The number of anilines is 1. The Balaban J connectivity index is 1.56. The van der Waals surface area contributed by atoms with Crippen LogP contribution in [0, 0.1) is 0 Å². The number of rotatable bonds is 11. The Bertz CT molecular complexity index is 895. The van der Waals surface area contributed by atoms with Crippen molar-refractivity contribution in [3.05, 3.63) is 58.6 Å². The monoisotopic (exact) mass is 506 g/mol. The summed E-state index contributed by atoms with van der Waals surface area (Å²) in [4.78, 5) is 25.6. The van der Waals surface area contributed by atoms with Crippen LogP contribution in [0.25, 0.3) is 0 Å². The lowest BCUT2D eigenvalue weighted by Gasteiger charge is -2.26. The van der Waals surface area contributed by atoms with Gasteiger partial charge in [0.05, 0.1) is 18.0 Å². The lowest BCUT2D eigenvalue weighted by molar-refractivity contribution is -0.129. The van der Waals surface area contributed by atoms with E-state index in [0.717, 1.165) is 53.6 Å². The second kappa shape index (κ2) is 12.1. The van der Waals surface area contributed by atoms with Crippen LogP contribution in [-0.4, -0.2) is 29.4 Å². The largest absolute Gasteiger partial charge is 0.491 e. The molecule has 1 aliphatic rings. The quantitative estimate of drug-likeness (QED) is 0.240. The van der Waals surface area contributed by atoms with Gasteiger partial charge in [0.15, 0.2) is 0 Å². The van der Waals surface area contributed by atoms with Gasteiger partial charge in [0.2, 0.25) is 11.8 Å². The third kappa shape index (κ3) is 6.72. The van der Waals surface area contributed by atoms with Crippen LogP contribution in [0.1, 0.15) is 49.5 Å². The highest BCUT2D eigenvalue weighted by Crippen LogP contribution is 2.45. The second-order valence-electron chi connectivity index (χ2n) is 7.35. The van der Waals surface area contributed by atoms with Crippen LogP contribution in [0.5, 0.6) is 5.75 Å². The molecule has 166 valence electrons. The summed E-state index contributed by atoms with van der Waals surface area (Å²) in [6, 6.07) is 15.8. The molecule has 1 atom stereocenters. The fourth-order valence-electron chi connectivity index (χ4n) is 3.53. The van der Waals surface area contributed by atoms with E-state index in [9.17, 15) is 9.59 Å². The first-order valence-electron chi connectivity index (χ1n) is 10.4. The van der Waals surface area contributed by atoms with E-state index < -0.39 is 0 Å². The lowest BCUT2D eigenvalue weighted by Crippen LogP contribution is -2.28. The maximum Gasteiger partial charge on any atom is 0.243 e. The molecule has 0 radical (unpaired) electrons. The summed E-state index contributed by atoms with van der Waals surface area (Å²) in [5.41, 5.74) is 3.53. The number of carbonyl (C=O) groups excluding carboxylic acids is 2. The van der Waals surface area contributed by atoms with E-state index in [4.69, 9.17) is 9.94 Å². The number of hydrogen-bond donors (Lipinski definition) is 2. The van der Waals surface area contributed by atoms with Crippen molar-refractivity contribution in [2.45, 2.75) is 43.9 Å². The summed E-state index contributed by atoms with van der Waals surface area (Å²) in [6.07, 6.45) is 4.97. The number of para-hydroxylation sites is 2. The van der Waals surface area contributed by atoms with Gasteiger partial charge in [0, 0.05) is 10.9 Å². The van der Waals surface area contributed by atoms with Gasteiger partial charge in [0.1, 0.15) is 11.1 Å². The average molecular weight is 507 g/mol. The minimum atomic E-state index is -0.337. The number of amides is 2. The van der Waals surface area contributed by atoms with E-state index in [-0.39, 0.29) is 17.2 Å². The van der Waals surface area contributed by atoms with Crippen molar-refractivity contribution in [2.24, 2.45) is 0 Å². The van der Waals surface area contributed by atoms with E-state index in [1.165, 1.54) is 0 Å². The summed E-state index contributed by atoms with van der Waals surface area (Å²) in [5, 5.41) is 8.40. The third-order valence-corrected chi connectivity index (χ3v) is 6.76. The molecule has 1 fully saturated rings. The first-order chi connectivity index (χ1) is 15.1. The molecule has 6 nitrogen and oxygen atoms in total. The molecule has 3 rings (SSSR count). The zero-order chi connectivity index (χ0) is 22.1. The van der Waals surface area contributed by atoms with Crippen molar-refractivity contribution in [1.82, 2.24) is 5.48 Å². The summed E-state index contributed by atoms with van der Waals surface area (Å²) in [6.45, 7) is 0.574. The van der Waals surface area contributed by atoms with Crippen molar-refractivity contribution < 1.29 is 19.5 Å². The van der Waals surface area contributed by atoms with Crippen LogP contribution < -0.4 is 15.1 Å². The fraction of sp³-hybridized carbons (Fsp3) is 0.391. The number of hydroxylamine groups is 1. The molecule has 0 spiro atoms. The topological polar surface area (TPSA) is 78.9 Å². The van der Waals surface area contributed by atoms with Gasteiger partial charge in [-0.1, -0.05) is 59.5 Å². The Kier molecular flexibility index (Phi) is 9.24. The maximum atomic E-state index is 12.7. The first-order valence-corrected chi connectivity index (χ1v) is 12.3. The van der Waals surface area contributed by atoms with Gasteiger partial charge in [-0.15, -0.1) is 11.8 Å². The molecule has 2 aromatic rings. The molecule has 0 saturated carbocycles. The standard InChI is InChI=1S/C23H27BrN2O4S/c24-18-10-8-9-17(15-18)23-26(22(28)16-31-23)19-11-5-6-12-20(19)30-14-7-3-1-2-4-13-21(27)25-29/h5-6,8-12,15,23,29H,1-4,7,13-14,16H2,(H,25,27). The number of hydrogen-bond acceptors (Lipinski definition) is 5. The summed E-state index contributed by atoms with van der Waals surface area (Å²) < 4.78 is 7.05. The van der Waals surface area contributed by atoms with Crippen molar-refractivity contribution in [3.63, 3.8) is 0 Å². The molecule has 31 heavy (non-hydrogen) atoms. The molecule has 0 aliphatic carbocycles. The summed E-state index contributed by atoms with van der Waals surface area (Å²) >= 11 is 5.14. The Morgan fingerprint density at radius 1 is 1.13 bits per heavy atom. The average Bonchev–Trinajstić information content (AvgIpc) is 3.16. The second-order valence-corrected chi connectivity index (χ2v) is 9.34. The van der Waals surface area contributed by atoms with Gasteiger partial charge in [-0.05, 0) is 42.7 Å². The van der Waals surface area contributed by atoms with E-state index in [1.807, 2.05) is 47.4 Å². The van der Waals surface area contributed by atoms with Crippen molar-refractivity contribution >= 4 is 45.2 Å². The zero-order valence-corrected chi connectivity index (χ0v) is 19.7. The number of benzene rings is 2. The Morgan fingerprint density at radius 3 is 2.71 bits per heavy atom. The molecule has 1 aliphatic heterocycles. The minimum Gasteiger partial charge on any atom is -0.491 e. The van der Waals surface area contributed by atoms with Crippen molar-refractivity contribution in [3.8, 4) is 5.75 Å². The predicted octanol–water partition coefficient (Wildman–Crippen LogP) is 5.45. The zero-order valence-electron chi connectivity index (χ0n) is 17.3. The molecular formula is C23H27BrN2O4S. The van der Waals surface area contributed by atoms with Crippen LogP contribution in [-0.2, 0) is 9.59 Å². The SMILES string of the molecule is O=C(CCCCCCCOc1ccccc1N1C(=O)CSC1c1cccc(Br)c1)NO. The minimum absolute atomic E-state index is 0.0779. The highest BCUT2D eigenvalue weighted by molar-refractivity contribution is 9.10. The molecule has 1 heterocycles. The van der Waals surface area contributed by atoms with Crippen molar-refractivity contribution in [2.75, 3.05) is 17.3 Å². The highest BCUT2D eigenvalue weighted by Gasteiger charge is 2.35. The van der Waals surface area contributed by atoms with Gasteiger partial charge in [0.25, 0.3) is 0 Å². The summed E-state index contributed by atoms with van der Waals surface area (Å²) in [5.74, 6) is 0.909. The smallest absolute Gasteiger partial charge is 0.243 e. The van der Waals surface area contributed by atoms with Crippen LogP contribution in [0.4, 0.5) is 5.69 Å². The molecule has 8 heteroatoms. The van der Waals surface area contributed by atoms with Gasteiger partial charge in [-0.2, -0.15) is 0 Å². The number of thioether (sulfide) groups is 1. The van der Waals surface area contributed by atoms with Gasteiger partial charge in [-0.25, -0.2) is 5.48 Å². The molecular weight excluding hydrogens is 480 g/mol. The Hall–Kier alpha value is -2.03. The summed E-state index contributed by atoms with van der Waals surface area (Å²) in [7, 11) is 0. The molecule has 2 amide bonds. The van der Waals surface area contributed by atoms with E-state index in [2.05, 4.69) is 22.0 Å². The van der Waals surface area contributed by atoms with Gasteiger partial charge < -0.3 is 4.74 Å². The van der Waals surface area contributed by atoms with E-state index in [1.54, 1.807) is 17.2 Å². The molecule has 0 bridgehead atoms. The van der Waals surface area contributed by atoms with Gasteiger partial charge in [-0.3, -0.25) is 19.7 Å². The number of nitrogens with one attached hydrogen (secondary N) is 1. The molecule has 2 aromatic carbocycles. The molecule has 0 aromatic heterocycles. The third-order valence-electron chi connectivity index (χ3n) is 5.06. The Labute approximate surface area is 195 Å². The highest BCUT2D eigenvalue weighted by atomic mass is 79.9. The van der Waals surface area contributed by atoms with Crippen LogP contribution in [0.2, 0.25) is 0 Å². The fourth-order valence-corrected chi connectivity index (χ4v) is 5.10. The lowest BCUT2D eigenvalue weighted by atomic mass is 10.1.